The molecule has 2 N–H and O–H groups in total. The third-order valence-electron chi connectivity index (χ3n) is 3.60. The molecule has 0 spiro atoms. The molecule has 0 fully saturated rings. The van der Waals surface area contributed by atoms with Crippen LogP contribution in [0.25, 0.3) is 0 Å². The summed E-state index contributed by atoms with van der Waals surface area (Å²) in [6.45, 7) is 15.1. The van der Waals surface area contributed by atoms with Gasteiger partial charge >= 0.3 is 0 Å². The van der Waals surface area contributed by atoms with Gasteiger partial charge in [-0.2, -0.15) is 0 Å². The first-order chi connectivity index (χ1) is 9.11. The number of benzene rings is 1. The zero-order valence-electron chi connectivity index (χ0n) is 14.1. The molecule has 0 aromatic heterocycles. The molecule has 0 amide bonds. The van der Waals surface area contributed by atoms with E-state index < -0.39 is 6.10 Å². The maximum Gasteiger partial charge on any atom is 0.0945 e. The molecule has 0 saturated carbocycles. The summed E-state index contributed by atoms with van der Waals surface area (Å²) in [5.74, 6) is 0.892. The van der Waals surface area contributed by atoms with E-state index in [1.165, 1.54) is 5.56 Å². The zero-order valence-corrected chi connectivity index (χ0v) is 14.1. The SMILES string of the molecule is CC(C)c1ccc(C(O)C(NC(C)(C)C)C(C)C)cc1. The van der Waals surface area contributed by atoms with Crippen molar-refractivity contribution in [3.63, 3.8) is 0 Å². The average molecular weight is 277 g/mol. The third kappa shape index (κ3) is 4.92. The van der Waals surface area contributed by atoms with Crippen LogP contribution in [0.2, 0.25) is 0 Å². The average Bonchev–Trinajstić information content (AvgIpc) is 2.34. The van der Waals surface area contributed by atoms with Gasteiger partial charge in [-0.25, -0.2) is 0 Å². The first-order valence-corrected chi connectivity index (χ1v) is 7.67. The highest BCUT2D eigenvalue weighted by Crippen LogP contribution is 2.25. The fraction of sp³-hybridized carbons (Fsp3) is 0.667. The van der Waals surface area contributed by atoms with Gasteiger partial charge in [0.25, 0.3) is 0 Å². The van der Waals surface area contributed by atoms with Crippen LogP contribution in [-0.2, 0) is 0 Å². The Morgan fingerprint density at radius 3 is 1.70 bits per heavy atom. The molecule has 2 unspecified atom stereocenters. The third-order valence-corrected chi connectivity index (χ3v) is 3.60. The van der Waals surface area contributed by atoms with Gasteiger partial charge in [-0.1, -0.05) is 52.0 Å². The van der Waals surface area contributed by atoms with Crippen molar-refractivity contribution in [3.05, 3.63) is 35.4 Å². The van der Waals surface area contributed by atoms with E-state index in [1.54, 1.807) is 0 Å². The number of nitrogens with one attached hydrogen (secondary N) is 1. The van der Waals surface area contributed by atoms with Crippen LogP contribution in [0.15, 0.2) is 24.3 Å². The van der Waals surface area contributed by atoms with Gasteiger partial charge in [-0.15, -0.1) is 0 Å². The number of rotatable bonds is 5. The Kier molecular flexibility index (Phi) is 5.79. The summed E-state index contributed by atoms with van der Waals surface area (Å²) in [7, 11) is 0. The Bertz CT molecular complexity index is 400. The fourth-order valence-electron chi connectivity index (χ4n) is 2.40. The Hall–Kier alpha value is -0.860. The zero-order chi connectivity index (χ0) is 15.5. The summed E-state index contributed by atoms with van der Waals surface area (Å²) in [4.78, 5) is 0. The lowest BCUT2D eigenvalue weighted by molar-refractivity contribution is 0.0893. The molecule has 1 rings (SSSR count). The van der Waals surface area contributed by atoms with Gasteiger partial charge in [0.1, 0.15) is 0 Å². The van der Waals surface area contributed by atoms with Crippen LogP contribution in [0.3, 0.4) is 0 Å². The minimum Gasteiger partial charge on any atom is -0.387 e. The highest BCUT2D eigenvalue weighted by molar-refractivity contribution is 5.27. The molecule has 2 nitrogen and oxygen atoms in total. The Labute approximate surface area is 124 Å². The van der Waals surface area contributed by atoms with E-state index in [9.17, 15) is 5.11 Å². The summed E-state index contributed by atoms with van der Waals surface area (Å²) in [6.07, 6.45) is -0.476. The smallest absolute Gasteiger partial charge is 0.0945 e. The van der Waals surface area contributed by atoms with Gasteiger partial charge in [0, 0.05) is 11.6 Å². The van der Waals surface area contributed by atoms with Gasteiger partial charge in [0.05, 0.1) is 6.10 Å². The molecule has 0 aliphatic rings. The van der Waals surface area contributed by atoms with Gasteiger partial charge in [0.15, 0.2) is 0 Å². The Morgan fingerprint density at radius 1 is 0.900 bits per heavy atom. The van der Waals surface area contributed by atoms with Crippen LogP contribution < -0.4 is 5.32 Å². The van der Waals surface area contributed by atoms with Crippen LogP contribution in [0.5, 0.6) is 0 Å². The number of aliphatic hydroxyl groups is 1. The van der Waals surface area contributed by atoms with Gasteiger partial charge in [-0.3, -0.25) is 0 Å². The number of aliphatic hydroxyl groups excluding tert-OH is 1. The highest BCUT2D eigenvalue weighted by Gasteiger charge is 2.27. The molecule has 0 radical (unpaired) electrons. The summed E-state index contributed by atoms with van der Waals surface area (Å²) >= 11 is 0. The molecule has 0 heterocycles. The number of hydrogen-bond donors (Lipinski definition) is 2. The van der Waals surface area contributed by atoms with Crippen molar-refractivity contribution in [1.29, 1.82) is 0 Å². The fourth-order valence-corrected chi connectivity index (χ4v) is 2.40. The monoisotopic (exact) mass is 277 g/mol. The molecule has 0 bridgehead atoms. The van der Waals surface area contributed by atoms with Crippen molar-refractivity contribution in [1.82, 2.24) is 5.32 Å². The second-order valence-electron chi connectivity index (χ2n) is 7.43. The van der Waals surface area contributed by atoms with Crippen molar-refractivity contribution >= 4 is 0 Å². The van der Waals surface area contributed by atoms with Gasteiger partial charge < -0.3 is 10.4 Å². The lowest BCUT2D eigenvalue weighted by atomic mass is 9.90. The van der Waals surface area contributed by atoms with Crippen LogP contribution in [-0.4, -0.2) is 16.7 Å². The Morgan fingerprint density at radius 2 is 1.35 bits per heavy atom. The molecule has 2 atom stereocenters. The van der Waals surface area contributed by atoms with E-state index >= 15 is 0 Å². The molecular formula is C18H31NO. The van der Waals surface area contributed by atoms with Gasteiger partial charge in [-0.05, 0) is 43.7 Å². The number of hydrogen-bond acceptors (Lipinski definition) is 2. The van der Waals surface area contributed by atoms with E-state index in [2.05, 4.69) is 78.0 Å². The van der Waals surface area contributed by atoms with Crippen LogP contribution in [0, 0.1) is 5.92 Å². The van der Waals surface area contributed by atoms with E-state index in [0.717, 1.165) is 5.56 Å². The van der Waals surface area contributed by atoms with E-state index in [-0.39, 0.29) is 11.6 Å². The molecule has 1 aromatic rings. The largest absolute Gasteiger partial charge is 0.387 e. The van der Waals surface area contributed by atoms with Gasteiger partial charge in [0.2, 0.25) is 0 Å². The summed E-state index contributed by atoms with van der Waals surface area (Å²) in [5, 5.41) is 14.2. The molecule has 114 valence electrons. The van der Waals surface area contributed by atoms with Crippen molar-refractivity contribution in [2.24, 2.45) is 5.92 Å². The highest BCUT2D eigenvalue weighted by atomic mass is 16.3. The molecule has 2 heteroatoms. The predicted octanol–water partition coefficient (Wildman–Crippen LogP) is 4.26. The topological polar surface area (TPSA) is 32.3 Å². The van der Waals surface area contributed by atoms with Crippen LogP contribution in [0.1, 0.15) is 71.6 Å². The minimum absolute atomic E-state index is 0.00616. The minimum atomic E-state index is -0.476. The van der Waals surface area contributed by atoms with Crippen LogP contribution in [0.4, 0.5) is 0 Å². The summed E-state index contributed by atoms with van der Waals surface area (Å²) in [6, 6.07) is 8.41. The van der Waals surface area contributed by atoms with E-state index in [4.69, 9.17) is 0 Å². The predicted molar refractivity (Wildman–Crippen MR) is 87.0 cm³/mol. The molecule has 0 aliphatic heterocycles. The quantitative estimate of drug-likeness (QED) is 0.843. The normalized spacial score (nSPS) is 15.7. The first kappa shape index (κ1) is 17.2. The second-order valence-corrected chi connectivity index (χ2v) is 7.43. The lowest BCUT2D eigenvalue weighted by Crippen LogP contribution is -2.49. The molecule has 0 aliphatic carbocycles. The standard InChI is InChI=1S/C18H31NO/c1-12(2)14-8-10-15(11-9-14)17(20)16(13(3)4)19-18(5,6)7/h8-13,16-17,19-20H,1-7H3. The van der Waals surface area contributed by atoms with Crippen molar-refractivity contribution in [2.75, 3.05) is 0 Å². The molecule has 1 aromatic carbocycles. The summed E-state index contributed by atoms with van der Waals surface area (Å²) < 4.78 is 0. The second kappa shape index (κ2) is 6.73. The maximum absolute atomic E-state index is 10.7. The van der Waals surface area contributed by atoms with Crippen molar-refractivity contribution in [2.45, 2.75) is 72.1 Å². The van der Waals surface area contributed by atoms with E-state index in [0.29, 0.717) is 11.8 Å². The lowest BCUT2D eigenvalue weighted by Gasteiger charge is -2.34. The van der Waals surface area contributed by atoms with Crippen molar-refractivity contribution in [3.8, 4) is 0 Å². The molecule has 20 heavy (non-hydrogen) atoms. The summed E-state index contributed by atoms with van der Waals surface area (Å²) in [5.41, 5.74) is 2.30. The van der Waals surface area contributed by atoms with Crippen LogP contribution >= 0.6 is 0 Å². The Balaban J connectivity index is 2.91. The first-order valence-electron chi connectivity index (χ1n) is 7.67. The maximum atomic E-state index is 10.7. The van der Waals surface area contributed by atoms with E-state index in [1.807, 2.05) is 0 Å². The van der Waals surface area contributed by atoms with Crippen molar-refractivity contribution < 1.29 is 5.11 Å². The molecule has 0 saturated heterocycles. The molecular weight excluding hydrogens is 246 g/mol.